The van der Waals surface area contributed by atoms with E-state index in [0.29, 0.717) is 5.57 Å². The van der Waals surface area contributed by atoms with Gasteiger partial charge in [-0.2, -0.15) is 0 Å². The maximum atomic E-state index is 11.6. The number of hydrogen-bond acceptors (Lipinski definition) is 3. The molecular weight excluding hydrogens is 192 g/mol. The van der Waals surface area contributed by atoms with Gasteiger partial charge in [-0.1, -0.05) is 30.3 Å². The molecule has 0 fully saturated rings. The molecule has 3 nitrogen and oxygen atoms in total. The van der Waals surface area contributed by atoms with Crippen molar-refractivity contribution in [3.05, 3.63) is 41.7 Å². The minimum atomic E-state index is -0.235. The molecule has 76 valence electrons. The smallest absolute Gasteiger partial charge is 0.205 e. The molecule has 0 spiro atoms. The average molecular weight is 202 g/mol. The van der Waals surface area contributed by atoms with E-state index in [1.165, 1.54) is 7.11 Å². The molecule has 1 aliphatic rings. The Bertz CT molecular complexity index is 443. The Balaban J connectivity index is 2.55. The van der Waals surface area contributed by atoms with Crippen LogP contribution in [0.3, 0.4) is 0 Å². The van der Waals surface area contributed by atoms with Crippen LogP contribution in [0.2, 0.25) is 0 Å². The quantitative estimate of drug-likeness (QED) is 0.684. The molecule has 0 amide bonds. The van der Waals surface area contributed by atoms with Crippen molar-refractivity contribution < 1.29 is 14.3 Å². The van der Waals surface area contributed by atoms with E-state index in [9.17, 15) is 9.59 Å². The molecule has 3 heteroatoms. The molecule has 2 rings (SSSR count). The van der Waals surface area contributed by atoms with Crippen LogP contribution < -0.4 is 0 Å². The van der Waals surface area contributed by atoms with Crippen LogP contribution >= 0.6 is 0 Å². The van der Waals surface area contributed by atoms with Gasteiger partial charge in [0.15, 0.2) is 11.5 Å². The maximum absolute atomic E-state index is 11.6. The summed E-state index contributed by atoms with van der Waals surface area (Å²) in [6.07, 6.45) is -0.0760. The van der Waals surface area contributed by atoms with Gasteiger partial charge in [0.25, 0.3) is 0 Å². The fraction of sp³-hybridized carbons (Fsp3) is 0.167. The van der Waals surface area contributed by atoms with Gasteiger partial charge in [0.2, 0.25) is 5.78 Å². The third-order valence-corrected chi connectivity index (χ3v) is 2.35. The number of hydrogen-bond donors (Lipinski definition) is 0. The van der Waals surface area contributed by atoms with Gasteiger partial charge in [-0.25, -0.2) is 0 Å². The van der Waals surface area contributed by atoms with Gasteiger partial charge >= 0.3 is 0 Å². The number of Topliss-reactive ketones (excluding diaryl/α,β-unsaturated/α-hetero) is 2. The number of benzene rings is 1. The van der Waals surface area contributed by atoms with Gasteiger partial charge in [0, 0.05) is 0 Å². The van der Waals surface area contributed by atoms with E-state index in [4.69, 9.17) is 4.74 Å². The van der Waals surface area contributed by atoms with Crippen molar-refractivity contribution in [2.75, 3.05) is 7.11 Å². The fourth-order valence-corrected chi connectivity index (χ4v) is 1.69. The largest absolute Gasteiger partial charge is 0.492 e. The molecule has 0 radical (unpaired) electrons. The first-order chi connectivity index (χ1) is 7.24. The molecule has 1 aliphatic carbocycles. The van der Waals surface area contributed by atoms with Crippen LogP contribution in [0, 0.1) is 0 Å². The average Bonchev–Trinajstić information content (AvgIpc) is 2.54. The zero-order chi connectivity index (χ0) is 10.8. The highest BCUT2D eigenvalue weighted by Gasteiger charge is 2.32. The molecule has 0 N–H and O–H groups in total. The molecule has 1 aromatic rings. The Morgan fingerprint density at radius 3 is 2.33 bits per heavy atom. The Kier molecular flexibility index (Phi) is 2.37. The highest BCUT2D eigenvalue weighted by atomic mass is 16.5. The lowest BCUT2D eigenvalue weighted by Crippen LogP contribution is -1.98. The minimum Gasteiger partial charge on any atom is -0.492 e. The molecule has 0 bridgehead atoms. The van der Waals surface area contributed by atoms with Crippen molar-refractivity contribution >= 4 is 17.1 Å². The molecule has 0 aromatic heterocycles. The number of ether oxygens (including phenoxy) is 1. The molecule has 15 heavy (non-hydrogen) atoms. The Labute approximate surface area is 87.4 Å². The molecule has 1 aromatic carbocycles. The lowest BCUT2D eigenvalue weighted by Gasteiger charge is -2.03. The Morgan fingerprint density at radius 1 is 1.07 bits per heavy atom. The van der Waals surface area contributed by atoms with Crippen LogP contribution in [0.5, 0.6) is 0 Å². The van der Waals surface area contributed by atoms with Crippen molar-refractivity contribution in [1.82, 2.24) is 0 Å². The first-order valence-electron chi connectivity index (χ1n) is 4.64. The normalized spacial score (nSPS) is 16.1. The van der Waals surface area contributed by atoms with Gasteiger partial charge in [-0.15, -0.1) is 0 Å². The molecule has 0 unspecified atom stereocenters. The number of rotatable bonds is 2. The first kappa shape index (κ1) is 9.65. The molecule has 0 saturated carbocycles. The van der Waals surface area contributed by atoms with Gasteiger partial charge in [-0.3, -0.25) is 9.59 Å². The van der Waals surface area contributed by atoms with E-state index in [2.05, 4.69) is 0 Å². The highest BCUT2D eigenvalue weighted by molar-refractivity contribution is 6.37. The molecule has 0 heterocycles. The molecule has 0 aliphatic heterocycles. The third-order valence-electron chi connectivity index (χ3n) is 2.35. The second kappa shape index (κ2) is 3.69. The van der Waals surface area contributed by atoms with E-state index in [1.807, 2.05) is 18.2 Å². The first-order valence-corrected chi connectivity index (χ1v) is 4.64. The van der Waals surface area contributed by atoms with Crippen molar-refractivity contribution in [2.24, 2.45) is 0 Å². The summed E-state index contributed by atoms with van der Waals surface area (Å²) in [5.41, 5.74) is 1.15. The molecule has 0 saturated heterocycles. The summed E-state index contributed by atoms with van der Waals surface area (Å²) in [5, 5.41) is 0. The standard InChI is InChI=1S/C12H10O3/c1-15-12-10(14)7-9(13)11(12)8-5-3-2-4-6-8/h2-6H,7H2,1H3. The second-order valence-corrected chi connectivity index (χ2v) is 3.30. The summed E-state index contributed by atoms with van der Waals surface area (Å²) in [7, 11) is 1.41. The summed E-state index contributed by atoms with van der Waals surface area (Å²) in [6.45, 7) is 0. The minimum absolute atomic E-state index is 0.0760. The second-order valence-electron chi connectivity index (χ2n) is 3.30. The number of carbonyl (C=O) groups is 2. The lowest BCUT2D eigenvalue weighted by atomic mass is 10.0. The van der Waals surface area contributed by atoms with Crippen molar-refractivity contribution in [3.8, 4) is 0 Å². The number of methoxy groups -OCH3 is 1. The zero-order valence-corrected chi connectivity index (χ0v) is 8.32. The van der Waals surface area contributed by atoms with Gasteiger partial charge in [0.1, 0.15) is 0 Å². The van der Waals surface area contributed by atoms with E-state index in [0.717, 1.165) is 5.56 Å². The van der Waals surface area contributed by atoms with Crippen LogP contribution in [0.4, 0.5) is 0 Å². The van der Waals surface area contributed by atoms with Crippen LogP contribution in [0.25, 0.3) is 5.57 Å². The summed E-state index contributed by atoms with van der Waals surface area (Å²) in [5.74, 6) is -0.212. The summed E-state index contributed by atoms with van der Waals surface area (Å²) < 4.78 is 4.97. The van der Waals surface area contributed by atoms with Gasteiger partial charge in [-0.05, 0) is 5.56 Å². The number of ketones is 2. The SMILES string of the molecule is COC1=C(c2ccccc2)C(=O)CC1=O. The maximum Gasteiger partial charge on any atom is 0.205 e. The predicted molar refractivity (Wildman–Crippen MR) is 55.0 cm³/mol. The monoisotopic (exact) mass is 202 g/mol. The van der Waals surface area contributed by atoms with E-state index < -0.39 is 0 Å². The number of carbonyl (C=O) groups excluding carboxylic acids is 2. The lowest BCUT2D eigenvalue weighted by molar-refractivity contribution is -0.121. The van der Waals surface area contributed by atoms with E-state index in [1.54, 1.807) is 12.1 Å². The zero-order valence-electron chi connectivity index (χ0n) is 8.32. The topological polar surface area (TPSA) is 43.4 Å². The van der Waals surface area contributed by atoms with Crippen LogP contribution in [-0.2, 0) is 14.3 Å². The highest BCUT2D eigenvalue weighted by Crippen LogP contribution is 2.28. The summed E-state index contributed by atoms with van der Waals surface area (Å²) in [4.78, 5) is 23.0. The van der Waals surface area contributed by atoms with Crippen LogP contribution in [-0.4, -0.2) is 18.7 Å². The van der Waals surface area contributed by atoms with Crippen LogP contribution in [0.15, 0.2) is 36.1 Å². The van der Waals surface area contributed by atoms with Crippen molar-refractivity contribution in [1.29, 1.82) is 0 Å². The summed E-state index contributed by atoms with van der Waals surface area (Å²) in [6, 6.07) is 9.10. The Hall–Kier alpha value is -1.90. The molecule has 0 atom stereocenters. The third kappa shape index (κ3) is 1.56. The van der Waals surface area contributed by atoms with E-state index >= 15 is 0 Å². The van der Waals surface area contributed by atoms with Gasteiger partial charge in [0.05, 0.1) is 19.1 Å². The summed E-state index contributed by atoms with van der Waals surface area (Å²) >= 11 is 0. The fourth-order valence-electron chi connectivity index (χ4n) is 1.69. The Morgan fingerprint density at radius 2 is 1.73 bits per heavy atom. The van der Waals surface area contributed by atoms with Crippen molar-refractivity contribution in [2.45, 2.75) is 6.42 Å². The van der Waals surface area contributed by atoms with E-state index in [-0.39, 0.29) is 23.7 Å². The van der Waals surface area contributed by atoms with Gasteiger partial charge < -0.3 is 4.74 Å². The predicted octanol–water partition coefficient (Wildman–Crippen LogP) is 1.59. The number of allylic oxidation sites excluding steroid dienone is 2. The van der Waals surface area contributed by atoms with Crippen molar-refractivity contribution in [3.63, 3.8) is 0 Å². The van der Waals surface area contributed by atoms with Crippen LogP contribution in [0.1, 0.15) is 12.0 Å². The molecular formula is C12H10O3.